The smallest absolute Gasteiger partial charge is 0.261 e. The quantitative estimate of drug-likeness (QED) is 0.539. The highest BCUT2D eigenvalue weighted by Gasteiger charge is 2.05. The zero-order valence-electron chi connectivity index (χ0n) is 13.1. The molecule has 0 aliphatic rings. The lowest BCUT2D eigenvalue weighted by atomic mass is 10.2. The molecule has 0 aliphatic carbocycles. The van der Waals surface area contributed by atoms with Crippen LogP contribution in [-0.2, 0) is 6.54 Å². The molecule has 24 heavy (non-hydrogen) atoms. The third-order valence-electron chi connectivity index (χ3n) is 3.92. The Bertz CT molecular complexity index is 1040. The average molecular weight is 320 g/mol. The predicted octanol–water partition coefficient (Wildman–Crippen LogP) is 2.55. The van der Waals surface area contributed by atoms with Gasteiger partial charge >= 0.3 is 0 Å². The van der Waals surface area contributed by atoms with Crippen LogP contribution in [0.5, 0.6) is 0 Å². The van der Waals surface area contributed by atoms with E-state index in [1.54, 1.807) is 18.5 Å². The number of benzene rings is 1. The molecule has 0 radical (unpaired) electrons. The van der Waals surface area contributed by atoms with Crippen molar-refractivity contribution in [2.75, 3.05) is 5.32 Å². The van der Waals surface area contributed by atoms with Gasteiger partial charge < -0.3 is 14.9 Å². The van der Waals surface area contributed by atoms with Gasteiger partial charge in [0.25, 0.3) is 5.56 Å². The van der Waals surface area contributed by atoms with Gasteiger partial charge in [0.15, 0.2) is 0 Å². The Kier molecular flexibility index (Phi) is 3.38. The summed E-state index contributed by atoms with van der Waals surface area (Å²) in [6, 6.07) is 9.69. The van der Waals surface area contributed by atoms with Crippen molar-refractivity contribution in [3.63, 3.8) is 0 Å². The van der Waals surface area contributed by atoms with Crippen molar-refractivity contribution in [3.05, 3.63) is 70.7 Å². The summed E-state index contributed by atoms with van der Waals surface area (Å²) in [4.78, 5) is 26.2. The van der Waals surface area contributed by atoms with Crippen LogP contribution in [0, 0.1) is 6.92 Å². The summed E-state index contributed by atoms with van der Waals surface area (Å²) in [5, 5.41) is 3.67. The minimum absolute atomic E-state index is 0.170. The van der Waals surface area contributed by atoms with Gasteiger partial charge in [-0.1, -0.05) is 12.1 Å². The van der Waals surface area contributed by atoms with E-state index >= 15 is 0 Å². The van der Waals surface area contributed by atoms with E-state index in [0.29, 0.717) is 17.0 Å². The van der Waals surface area contributed by atoms with Crippen LogP contribution >= 0.6 is 0 Å². The molecule has 4 rings (SSSR count). The van der Waals surface area contributed by atoms with Gasteiger partial charge in [-0.3, -0.25) is 9.78 Å². The van der Waals surface area contributed by atoms with E-state index in [1.807, 2.05) is 37.4 Å². The van der Waals surface area contributed by atoms with Crippen molar-refractivity contribution in [2.45, 2.75) is 13.5 Å². The topological polar surface area (TPSA) is 91.4 Å². The molecule has 0 saturated heterocycles. The lowest BCUT2D eigenvalue weighted by Crippen LogP contribution is -2.10. The highest BCUT2D eigenvalue weighted by atomic mass is 16.1. The molecule has 0 atom stereocenters. The molecular weight excluding hydrogens is 304 g/mol. The highest BCUT2D eigenvalue weighted by molar-refractivity contribution is 5.75. The maximum Gasteiger partial charge on any atom is 0.261 e. The number of H-pyrrole nitrogens is 2. The third-order valence-corrected chi connectivity index (χ3v) is 3.92. The molecule has 0 saturated carbocycles. The van der Waals surface area contributed by atoms with Crippen molar-refractivity contribution in [3.8, 4) is 0 Å². The molecular formula is C17H16N6O. The second-order valence-electron chi connectivity index (χ2n) is 5.58. The van der Waals surface area contributed by atoms with Crippen LogP contribution in [0.15, 0.2) is 53.7 Å². The molecule has 7 heteroatoms. The Labute approximate surface area is 137 Å². The largest absolute Gasteiger partial charge is 0.346 e. The number of nitrogens with zero attached hydrogens (tertiary/aromatic N) is 3. The van der Waals surface area contributed by atoms with Crippen LogP contribution in [0.1, 0.15) is 11.4 Å². The normalized spacial score (nSPS) is 11.0. The Balaban J connectivity index is 1.54. The van der Waals surface area contributed by atoms with Crippen molar-refractivity contribution in [1.82, 2.24) is 24.5 Å². The first-order valence-electron chi connectivity index (χ1n) is 7.60. The fourth-order valence-electron chi connectivity index (χ4n) is 2.61. The number of anilines is 2. The molecule has 7 nitrogen and oxygen atoms in total. The fourth-order valence-corrected chi connectivity index (χ4v) is 2.61. The van der Waals surface area contributed by atoms with Gasteiger partial charge in [0.1, 0.15) is 11.5 Å². The summed E-state index contributed by atoms with van der Waals surface area (Å²) >= 11 is 0. The SMILES string of the molecule is Cc1nccn1Cc1ccc(Nc2nc3[nH]ccc3c(=O)[nH]2)cc1. The van der Waals surface area contributed by atoms with E-state index in [9.17, 15) is 4.79 Å². The van der Waals surface area contributed by atoms with Gasteiger partial charge in [0.2, 0.25) is 5.95 Å². The number of aryl methyl sites for hydroxylation is 1. The lowest BCUT2D eigenvalue weighted by molar-refractivity contribution is 0.762. The predicted molar refractivity (Wildman–Crippen MR) is 92.5 cm³/mol. The summed E-state index contributed by atoms with van der Waals surface area (Å²) in [7, 11) is 0. The maximum absolute atomic E-state index is 12.0. The van der Waals surface area contributed by atoms with E-state index in [0.717, 1.165) is 18.1 Å². The van der Waals surface area contributed by atoms with Crippen molar-refractivity contribution in [2.24, 2.45) is 0 Å². The van der Waals surface area contributed by atoms with Crippen LogP contribution in [0.25, 0.3) is 11.0 Å². The summed E-state index contributed by atoms with van der Waals surface area (Å²) < 4.78 is 2.08. The zero-order valence-corrected chi connectivity index (χ0v) is 13.1. The van der Waals surface area contributed by atoms with Gasteiger partial charge in [0, 0.05) is 30.8 Å². The first-order chi connectivity index (χ1) is 11.7. The molecule has 0 spiro atoms. The molecule has 0 aliphatic heterocycles. The van der Waals surface area contributed by atoms with E-state index in [1.165, 1.54) is 5.56 Å². The van der Waals surface area contributed by atoms with Gasteiger partial charge in [-0.25, -0.2) is 4.98 Å². The molecule has 3 heterocycles. The fraction of sp³-hybridized carbons (Fsp3) is 0.118. The molecule has 0 unspecified atom stereocenters. The average Bonchev–Trinajstić information content (AvgIpc) is 3.19. The Morgan fingerprint density at radius 1 is 1.21 bits per heavy atom. The van der Waals surface area contributed by atoms with E-state index in [2.05, 4.69) is 29.8 Å². The molecule has 1 aromatic carbocycles. The summed E-state index contributed by atoms with van der Waals surface area (Å²) in [6.07, 6.45) is 5.45. The molecule has 3 aromatic heterocycles. The summed E-state index contributed by atoms with van der Waals surface area (Å²) in [6.45, 7) is 2.75. The van der Waals surface area contributed by atoms with Gasteiger partial charge in [-0.2, -0.15) is 4.98 Å². The first kappa shape index (κ1) is 14.3. The Morgan fingerprint density at radius 2 is 2.04 bits per heavy atom. The van der Waals surface area contributed by atoms with Crippen molar-refractivity contribution in [1.29, 1.82) is 0 Å². The number of hydrogen-bond donors (Lipinski definition) is 3. The Hall–Kier alpha value is -3.35. The van der Waals surface area contributed by atoms with Crippen LogP contribution in [0.4, 0.5) is 11.6 Å². The number of fused-ring (bicyclic) bond motifs is 1. The van der Waals surface area contributed by atoms with Crippen molar-refractivity contribution >= 4 is 22.7 Å². The lowest BCUT2D eigenvalue weighted by Gasteiger charge is -2.08. The number of nitrogens with one attached hydrogen (secondary N) is 3. The molecule has 120 valence electrons. The van der Waals surface area contributed by atoms with Crippen LogP contribution in [0.3, 0.4) is 0 Å². The van der Waals surface area contributed by atoms with Gasteiger partial charge in [0.05, 0.1) is 5.39 Å². The molecule has 0 bridgehead atoms. The van der Waals surface area contributed by atoms with Crippen LogP contribution in [0.2, 0.25) is 0 Å². The minimum atomic E-state index is -0.170. The number of aromatic nitrogens is 5. The van der Waals surface area contributed by atoms with Gasteiger partial charge in [-0.15, -0.1) is 0 Å². The molecule has 3 N–H and O–H groups in total. The maximum atomic E-state index is 12.0. The molecule has 0 amide bonds. The molecule has 4 aromatic rings. The summed E-state index contributed by atoms with van der Waals surface area (Å²) in [5.41, 5.74) is 2.42. The summed E-state index contributed by atoms with van der Waals surface area (Å²) in [5.74, 6) is 1.39. The monoisotopic (exact) mass is 320 g/mol. The van der Waals surface area contributed by atoms with E-state index < -0.39 is 0 Å². The number of aromatic amines is 2. The zero-order chi connectivity index (χ0) is 16.5. The Morgan fingerprint density at radius 3 is 2.79 bits per heavy atom. The van der Waals surface area contributed by atoms with Crippen LogP contribution in [-0.4, -0.2) is 24.5 Å². The number of hydrogen-bond acceptors (Lipinski definition) is 4. The second kappa shape index (κ2) is 5.69. The van der Waals surface area contributed by atoms with E-state index in [-0.39, 0.29) is 5.56 Å². The second-order valence-corrected chi connectivity index (χ2v) is 5.58. The van der Waals surface area contributed by atoms with Crippen LogP contribution < -0.4 is 10.9 Å². The first-order valence-corrected chi connectivity index (χ1v) is 7.60. The number of rotatable bonds is 4. The third kappa shape index (κ3) is 2.67. The molecule has 0 fully saturated rings. The van der Waals surface area contributed by atoms with E-state index in [4.69, 9.17) is 0 Å². The number of imidazole rings is 1. The highest BCUT2D eigenvalue weighted by Crippen LogP contribution is 2.15. The van der Waals surface area contributed by atoms with Crippen molar-refractivity contribution < 1.29 is 0 Å². The standard InChI is InChI=1S/C17H16N6O/c1-11-18-8-9-23(11)10-12-2-4-13(5-3-12)20-17-21-15-14(6-7-19-15)16(24)22-17/h2-9H,10H2,1H3,(H3,19,20,21,22,24). The minimum Gasteiger partial charge on any atom is -0.346 e. The van der Waals surface area contributed by atoms with Gasteiger partial charge in [-0.05, 0) is 30.7 Å².